The smallest absolute Gasteiger partial charge is 0.126 e. The van der Waals surface area contributed by atoms with Crippen molar-refractivity contribution in [2.45, 2.75) is 77.2 Å². The number of hydrogen-bond acceptors (Lipinski definition) is 2. The van der Waals surface area contributed by atoms with Gasteiger partial charge in [-0.1, -0.05) is 64.7 Å². The molecular weight excluding hydrogens is 342 g/mol. The van der Waals surface area contributed by atoms with Crippen molar-refractivity contribution in [3.8, 4) is 0 Å². The molecule has 0 aliphatic rings. The summed E-state index contributed by atoms with van der Waals surface area (Å²) in [7, 11) is 6.27. The van der Waals surface area contributed by atoms with Gasteiger partial charge in [-0.3, -0.25) is 0 Å². The van der Waals surface area contributed by atoms with E-state index in [1.165, 1.54) is 57.8 Å². The normalized spacial score (nSPS) is 13.0. The third-order valence-corrected chi connectivity index (χ3v) is 3.71. The number of quaternary nitrogens is 1. The standard InChI is InChI=1S/C18H40NO2.BrH/c1-5-6-7-8-9-10-11-12-13-14-15-21-17-18(20)16-19(2,3)4;/h18,20H,5-17H2,1-4H3;1H/q+1;/p-1/t18-;/m0./s1. The van der Waals surface area contributed by atoms with Crippen LogP contribution in [0.5, 0.6) is 0 Å². The fraction of sp³-hybridized carbons (Fsp3) is 1.00. The number of halogens is 1. The Bertz CT molecular complexity index is 220. The van der Waals surface area contributed by atoms with E-state index in [1.54, 1.807) is 0 Å². The van der Waals surface area contributed by atoms with Gasteiger partial charge in [-0.2, -0.15) is 0 Å². The zero-order valence-corrected chi connectivity index (χ0v) is 17.0. The van der Waals surface area contributed by atoms with E-state index in [1.807, 2.05) is 0 Å². The molecule has 0 heterocycles. The Morgan fingerprint density at radius 2 is 1.27 bits per heavy atom. The number of nitrogens with zero attached hydrogens (tertiary/aromatic N) is 1. The van der Waals surface area contributed by atoms with Gasteiger partial charge < -0.3 is 31.3 Å². The number of hydrogen-bond donors (Lipinski definition) is 1. The van der Waals surface area contributed by atoms with Crippen LogP contribution in [0, 0.1) is 0 Å². The first-order valence-corrected chi connectivity index (χ1v) is 9.02. The molecule has 4 heteroatoms. The summed E-state index contributed by atoms with van der Waals surface area (Å²) in [4.78, 5) is 0. The van der Waals surface area contributed by atoms with Crippen molar-refractivity contribution >= 4 is 0 Å². The van der Waals surface area contributed by atoms with Crippen molar-refractivity contribution in [2.75, 3.05) is 40.9 Å². The van der Waals surface area contributed by atoms with E-state index in [0.717, 1.165) is 24.1 Å². The molecule has 0 amide bonds. The highest BCUT2D eigenvalue weighted by Gasteiger charge is 2.14. The molecule has 22 heavy (non-hydrogen) atoms. The average molecular weight is 382 g/mol. The van der Waals surface area contributed by atoms with Gasteiger partial charge in [-0.25, -0.2) is 0 Å². The van der Waals surface area contributed by atoms with E-state index in [9.17, 15) is 5.11 Å². The molecule has 1 N–H and O–H groups in total. The molecule has 1 atom stereocenters. The van der Waals surface area contributed by atoms with E-state index in [2.05, 4.69) is 28.1 Å². The Kier molecular flexibility index (Phi) is 18.2. The van der Waals surface area contributed by atoms with Crippen molar-refractivity contribution in [1.29, 1.82) is 0 Å². The first-order valence-electron chi connectivity index (χ1n) is 9.02. The minimum absolute atomic E-state index is 0. The number of rotatable bonds is 15. The van der Waals surface area contributed by atoms with Crippen LogP contribution in [0.3, 0.4) is 0 Å². The van der Waals surface area contributed by atoms with Crippen LogP contribution in [0.15, 0.2) is 0 Å². The second kappa shape index (κ2) is 16.2. The molecule has 0 radical (unpaired) electrons. The van der Waals surface area contributed by atoms with Crippen molar-refractivity contribution in [1.82, 2.24) is 0 Å². The number of aliphatic hydroxyl groups is 1. The molecule has 0 unspecified atom stereocenters. The van der Waals surface area contributed by atoms with Gasteiger partial charge in [-0.15, -0.1) is 0 Å². The van der Waals surface area contributed by atoms with Crippen LogP contribution in [-0.4, -0.2) is 56.6 Å². The van der Waals surface area contributed by atoms with Gasteiger partial charge in [0.1, 0.15) is 12.6 Å². The highest BCUT2D eigenvalue weighted by Crippen LogP contribution is 2.10. The van der Waals surface area contributed by atoms with E-state index in [0.29, 0.717) is 6.61 Å². The predicted octanol–water partition coefficient (Wildman–Crippen LogP) is 0.995. The molecule has 0 aliphatic carbocycles. The maximum Gasteiger partial charge on any atom is 0.126 e. The lowest BCUT2D eigenvalue weighted by Crippen LogP contribution is -3.00. The summed E-state index contributed by atoms with van der Waals surface area (Å²) in [5, 5.41) is 9.81. The highest BCUT2D eigenvalue weighted by atomic mass is 79.9. The lowest BCUT2D eigenvalue weighted by molar-refractivity contribution is -0.873. The number of aliphatic hydroxyl groups excluding tert-OH is 1. The molecule has 3 nitrogen and oxygen atoms in total. The number of ether oxygens (including phenoxy) is 1. The SMILES string of the molecule is CCCCCCCCCCCCOC[C@@H](O)C[N+](C)(C)C.[Br-]. The van der Waals surface area contributed by atoms with Crippen molar-refractivity contribution in [3.05, 3.63) is 0 Å². The number of likely N-dealkylation sites (N-methyl/N-ethyl adjacent to an activating group) is 1. The molecule has 0 aromatic carbocycles. The fourth-order valence-corrected chi connectivity index (χ4v) is 2.60. The van der Waals surface area contributed by atoms with Crippen molar-refractivity contribution < 1.29 is 31.3 Å². The summed E-state index contributed by atoms with van der Waals surface area (Å²) < 4.78 is 6.33. The van der Waals surface area contributed by atoms with Crippen LogP contribution in [0.2, 0.25) is 0 Å². The van der Waals surface area contributed by atoms with Crippen molar-refractivity contribution in [3.63, 3.8) is 0 Å². The molecule has 136 valence electrons. The van der Waals surface area contributed by atoms with Gasteiger partial charge in [0.15, 0.2) is 0 Å². The topological polar surface area (TPSA) is 29.5 Å². The van der Waals surface area contributed by atoms with Gasteiger partial charge >= 0.3 is 0 Å². The van der Waals surface area contributed by atoms with Crippen LogP contribution in [0.25, 0.3) is 0 Å². The minimum Gasteiger partial charge on any atom is -1.00 e. The zero-order valence-electron chi connectivity index (χ0n) is 15.5. The second-order valence-electron chi connectivity index (χ2n) is 7.38. The van der Waals surface area contributed by atoms with Gasteiger partial charge in [0.2, 0.25) is 0 Å². The van der Waals surface area contributed by atoms with E-state index < -0.39 is 0 Å². The molecule has 0 bridgehead atoms. The van der Waals surface area contributed by atoms with E-state index in [-0.39, 0.29) is 23.1 Å². The summed E-state index contributed by atoms with van der Waals surface area (Å²) in [6, 6.07) is 0. The lowest BCUT2D eigenvalue weighted by atomic mass is 10.1. The summed E-state index contributed by atoms with van der Waals surface area (Å²) in [6.07, 6.45) is 13.1. The van der Waals surface area contributed by atoms with Crippen LogP contribution < -0.4 is 17.0 Å². The highest BCUT2D eigenvalue weighted by molar-refractivity contribution is 4.52. The number of unbranched alkanes of at least 4 members (excludes halogenated alkanes) is 9. The maximum atomic E-state index is 9.81. The second-order valence-corrected chi connectivity index (χ2v) is 7.38. The van der Waals surface area contributed by atoms with Gasteiger partial charge in [0.25, 0.3) is 0 Å². The van der Waals surface area contributed by atoms with Crippen LogP contribution in [0.4, 0.5) is 0 Å². The van der Waals surface area contributed by atoms with Crippen LogP contribution in [-0.2, 0) is 4.74 Å². The van der Waals surface area contributed by atoms with Gasteiger partial charge in [0.05, 0.1) is 27.7 Å². The Morgan fingerprint density at radius 1 is 0.818 bits per heavy atom. The van der Waals surface area contributed by atoms with Crippen LogP contribution in [0.1, 0.15) is 71.1 Å². The zero-order chi connectivity index (χ0) is 16.0. The first-order chi connectivity index (χ1) is 9.95. The minimum atomic E-state index is -0.340. The Morgan fingerprint density at radius 3 is 1.73 bits per heavy atom. The third-order valence-electron chi connectivity index (χ3n) is 3.71. The van der Waals surface area contributed by atoms with Gasteiger partial charge in [-0.05, 0) is 6.42 Å². The molecule has 0 fully saturated rings. The third kappa shape index (κ3) is 20.4. The molecule has 0 aromatic rings. The van der Waals surface area contributed by atoms with Crippen molar-refractivity contribution in [2.24, 2.45) is 0 Å². The van der Waals surface area contributed by atoms with E-state index in [4.69, 9.17) is 4.74 Å². The molecular formula is C18H40BrNO2. The Hall–Kier alpha value is 0.360. The molecule has 0 saturated carbocycles. The average Bonchev–Trinajstić information content (AvgIpc) is 2.38. The van der Waals surface area contributed by atoms with E-state index >= 15 is 0 Å². The summed E-state index contributed by atoms with van der Waals surface area (Å²) in [5.74, 6) is 0. The Labute approximate surface area is 149 Å². The molecule has 0 rings (SSSR count). The predicted molar refractivity (Wildman–Crippen MR) is 91.6 cm³/mol. The monoisotopic (exact) mass is 381 g/mol. The molecule has 0 saturated heterocycles. The summed E-state index contributed by atoms with van der Waals surface area (Å²) in [5.41, 5.74) is 0. The maximum absolute atomic E-state index is 9.81. The quantitative estimate of drug-likeness (QED) is 0.338. The fourth-order valence-electron chi connectivity index (χ4n) is 2.60. The molecule has 0 spiro atoms. The van der Waals surface area contributed by atoms with Crippen LogP contribution >= 0.6 is 0 Å². The summed E-state index contributed by atoms with van der Waals surface area (Å²) >= 11 is 0. The van der Waals surface area contributed by atoms with Gasteiger partial charge in [0, 0.05) is 6.61 Å². The summed E-state index contributed by atoms with van der Waals surface area (Å²) in [6.45, 7) is 4.29. The largest absolute Gasteiger partial charge is 1.00 e. The first kappa shape index (κ1) is 24.6. The lowest BCUT2D eigenvalue weighted by Gasteiger charge is -2.26. The molecule has 0 aromatic heterocycles. The molecule has 0 aliphatic heterocycles. The Balaban J connectivity index is 0.